The van der Waals surface area contributed by atoms with Gasteiger partial charge in [0.1, 0.15) is 79.5 Å². The quantitative estimate of drug-likeness (QED) is 0.0507. The van der Waals surface area contributed by atoms with Crippen molar-refractivity contribution in [1.82, 2.24) is 39.9 Å². The minimum atomic E-state index is -3.77. The molecular formula is C111H130N18O13S5. The molecule has 10 aliphatic rings. The molecular weight excluding hydrogens is 1950 g/mol. The van der Waals surface area contributed by atoms with Crippen LogP contribution in [0.15, 0.2) is 159 Å². The molecule has 5 saturated heterocycles. The standard InChI is InChI=1S/C23H27N3O4S.C23H27N3O3S.2C22H26N4O2S.C21H24N4O2S/c1-23(2)14-18-19(15-24)22(31(27,28)13-8-17-6-4-3-5-7-17)25-21(20(18)16-30-23)26-9-11-29-12-10-26;1-23(2)14-18-19(15-24)22(30(27)13-8-17-6-4-3-5-7-17)25-21(20(18)16-29-23)26-9-11-28-12-10-26;1-22(2)12-17-18(13-23)21(29-11-5-16-4-3-6-24-14-16)25-20(19(17)15-28-22)26-7-9-27-10-8-26;1-22(2)13-17-18(14-23)21(29-12-6-16-5-3-4-7-24-16)25-20(19(17)15-28-22)26-8-10-27-11-9-26;1-21(2)11-16-17(12-22)20(28-14-15-5-3-4-6-23-15)24-19(18(16)13-27-21)25-7-9-26-10-8-25/h3-7H,8-14,16H2,1-2H3;3-7H,8-14,16H2,1-2H3;3-4,6,14H,5,7-12,15H2,1-2H3;3-5,7H,6,8-13,15H2,1-2H3;3-6H,7-11,13-14H2,1-2H3. The molecule has 147 heavy (non-hydrogen) atoms. The molecule has 8 aromatic heterocycles. The molecule has 1 atom stereocenters. The van der Waals surface area contributed by atoms with Crippen molar-refractivity contribution in [3.8, 4) is 30.3 Å². The number of thioether (sulfide) groups is 3. The van der Waals surface area contributed by atoms with E-state index in [1.54, 1.807) is 47.7 Å². The number of hydrogen-bond acceptors (Lipinski definition) is 34. The van der Waals surface area contributed by atoms with E-state index in [-0.39, 0.29) is 38.7 Å². The summed E-state index contributed by atoms with van der Waals surface area (Å²) >= 11 is 4.88. The predicted octanol–water partition coefficient (Wildman–Crippen LogP) is 15.7. The number of anilines is 5. The molecule has 20 rings (SSSR count). The molecule has 0 N–H and O–H groups in total. The number of benzene rings is 2. The zero-order valence-electron chi connectivity index (χ0n) is 85.7. The number of hydrogen-bond donors (Lipinski definition) is 0. The number of nitriles is 5. The van der Waals surface area contributed by atoms with Crippen LogP contribution < -0.4 is 24.5 Å². The number of morpholine rings is 5. The monoisotopic (exact) mass is 2080 g/mol. The van der Waals surface area contributed by atoms with Crippen LogP contribution in [0.1, 0.15) is 181 Å². The van der Waals surface area contributed by atoms with Crippen molar-refractivity contribution >= 4 is 85.0 Å². The summed E-state index contributed by atoms with van der Waals surface area (Å²) in [4.78, 5) is 48.3. The second kappa shape index (κ2) is 50.0. The van der Waals surface area contributed by atoms with Gasteiger partial charge in [0, 0.05) is 179 Å². The molecule has 2 aromatic carbocycles. The molecule has 0 saturated carbocycles. The average Bonchev–Trinajstić information content (AvgIpc) is 0.734. The van der Waals surface area contributed by atoms with E-state index in [4.69, 9.17) is 67.3 Å². The summed E-state index contributed by atoms with van der Waals surface area (Å²) in [6.45, 7) is 36.8. The van der Waals surface area contributed by atoms with Gasteiger partial charge in [0.15, 0.2) is 14.9 Å². The molecule has 10 aliphatic heterocycles. The topological polar surface area (TPSA) is 382 Å². The zero-order valence-corrected chi connectivity index (χ0v) is 89.8. The number of rotatable bonds is 24. The first kappa shape index (κ1) is 109. The van der Waals surface area contributed by atoms with E-state index in [1.807, 2.05) is 148 Å². The molecule has 0 aliphatic carbocycles. The number of nitrogens with zero attached hydrogens (tertiary/aromatic N) is 18. The highest BCUT2D eigenvalue weighted by molar-refractivity contribution is 7.99. The van der Waals surface area contributed by atoms with Crippen LogP contribution in [0.25, 0.3) is 0 Å². The van der Waals surface area contributed by atoms with Gasteiger partial charge in [0.2, 0.25) is 0 Å². The molecule has 0 bridgehead atoms. The van der Waals surface area contributed by atoms with Gasteiger partial charge >= 0.3 is 0 Å². The summed E-state index contributed by atoms with van der Waals surface area (Å²) in [5, 5.41) is 52.6. The molecule has 0 spiro atoms. The van der Waals surface area contributed by atoms with E-state index in [1.165, 1.54) is 5.56 Å². The third kappa shape index (κ3) is 27.9. The molecule has 36 heteroatoms. The van der Waals surface area contributed by atoms with Gasteiger partial charge in [-0.15, -0.1) is 23.5 Å². The number of sulfone groups is 1. The Morgan fingerprint density at radius 1 is 0.347 bits per heavy atom. The number of aromatic nitrogens is 8. The Morgan fingerprint density at radius 3 is 1.03 bits per heavy atom. The van der Waals surface area contributed by atoms with Crippen molar-refractivity contribution in [2.75, 3.05) is 179 Å². The average molecular weight is 2080 g/mol. The lowest BCUT2D eigenvalue weighted by Gasteiger charge is -2.37. The van der Waals surface area contributed by atoms with Gasteiger partial charge in [-0.25, -0.2) is 33.3 Å². The van der Waals surface area contributed by atoms with Gasteiger partial charge in [-0.3, -0.25) is 19.2 Å². The number of fused-ring (bicyclic) bond motifs is 5. The maximum atomic E-state index is 13.4. The molecule has 18 heterocycles. The van der Waals surface area contributed by atoms with E-state index in [9.17, 15) is 38.9 Å². The van der Waals surface area contributed by atoms with E-state index in [0.29, 0.717) is 189 Å². The highest BCUT2D eigenvalue weighted by Gasteiger charge is 2.42. The summed E-state index contributed by atoms with van der Waals surface area (Å²) in [6.07, 6.45) is 13.3. The lowest BCUT2D eigenvalue weighted by Crippen LogP contribution is -2.40. The number of aryl methyl sites for hydroxylation is 4. The van der Waals surface area contributed by atoms with Gasteiger partial charge < -0.3 is 71.9 Å². The van der Waals surface area contributed by atoms with Gasteiger partial charge in [0.05, 0.1) is 177 Å². The first-order valence-electron chi connectivity index (χ1n) is 50.4. The Morgan fingerprint density at radius 2 is 0.673 bits per heavy atom. The van der Waals surface area contributed by atoms with Crippen molar-refractivity contribution in [3.05, 3.63) is 246 Å². The minimum Gasteiger partial charge on any atom is -0.378 e. The van der Waals surface area contributed by atoms with Crippen molar-refractivity contribution < 1.29 is 60.0 Å². The molecule has 0 amide bonds. The van der Waals surface area contributed by atoms with Crippen LogP contribution in [0.3, 0.4) is 0 Å². The Balaban J connectivity index is 0.000000131. The lowest BCUT2D eigenvalue weighted by atomic mass is 9.89. The molecule has 1 unspecified atom stereocenters. The van der Waals surface area contributed by atoms with E-state index >= 15 is 0 Å². The Kier molecular flexibility index (Phi) is 36.9. The highest BCUT2D eigenvalue weighted by atomic mass is 32.2. The smallest absolute Gasteiger partial charge is 0.197 e. The first-order chi connectivity index (χ1) is 71.0. The molecule has 5 fully saturated rings. The zero-order chi connectivity index (χ0) is 103. The minimum absolute atomic E-state index is 0.0973. The molecule has 10 aromatic rings. The van der Waals surface area contributed by atoms with Crippen molar-refractivity contribution in [1.29, 1.82) is 26.3 Å². The summed E-state index contributed by atoms with van der Waals surface area (Å²) in [5.41, 5.74) is 16.3. The van der Waals surface area contributed by atoms with E-state index in [2.05, 4.69) is 117 Å². The van der Waals surface area contributed by atoms with Crippen LogP contribution in [0.5, 0.6) is 0 Å². The largest absolute Gasteiger partial charge is 0.378 e. The molecule has 31 nitrogen and oxygen atoms in total. The summed E-state index contributed by atoms with van der Waals surface area (Å²) in [7, 11) is -5.13. The van der Waals surface area contributed by atoms with Gasteiger partial charge in [-0.05, 0) is 170 Å². The van der Waals surface area contributed by atoms with Crippen LogP contribution in [-0.4, -0.2) is 235 Å². The third-order valence-electron chi connectivity index (χ3n) is 27.1. The molecule has 772 valence electrons. The van der Waals surface area contributed by atoms with Crippen LogP contribution >= 0.6 is 35.3 Å². The Hall–Kier alpha value is -11.2. The summed E-state index contributed by atoms with van der Waals surface area (Å²) < 4.78 is 97.8. The van der Waals surface area contributed by atoms with E-state index in [0.717, 1.165) is 206 Å². The van der Waals surface area contributed by atoms with Crippen LogP contribution in [-0.2, 0) is 165 Å². The number of ether oxygens (including phenoxy) is 10. The fourth-order valence-electron chi connectivity index (χ4n) is 19.3. The fraction of sp³-hybridized carbons (Fsp3) is 0.486. The van der Waals surface area contributed by atoms with Crippen LogP contribution in [0.2, 0.25) is 0 Å². The SMILES string of the molecule is CC1(C)Cc2c(C#N)c(S(=O)(=O)CCc3ccccc3)nc(N3CCOCC3)c2CO1.CC1(C)Cc2c(C#N)c(S(=O)CCc3ccccc3)nc(N3CCOCC3)c2CO1.CC1(C)Cc2c(C#N)c(SCCc3ccccn3)nc(N3CCOCC3)c2CO1.CC1(C)Cc2c(C#N)c(SCCc3cccnc3)nc(N3CCOCC3)c2CO1.CC1(C)Cc2c(C#N)c(SCc3ccccn3)nc(N3CCOCC3)c2CO1. The van der Waals surface area contributed by atoms with Gasteiger partial charge in [0.25, 0.3) is 0 Å². The Labute approximate surface area is 878 Å². The second-order valence-corrected chi connectivity index (χ2v) is 47.0. The van der Waals surface area contributed by atoms with Crippen molar-refractivity contribution in [2.24, 2.45) is 0 Å². The van der Waals surface area contributed by atoms with E-state index < -0.39 is 26.2 Å². The maximum absolute atomic E-state index is 13.4. The van der Waals surface area contributed by atoms with Gasteiger partial charge in [-0.2, -0.15) is 26.3 Å². The van der Waals surface area contributed by atoms with Crippen LogP contribution in [0.4, 0.5) is 29.1 Å². The normalized spacial score (nSPS) is 18.4. The lowest BCUT2D eigenvalue weighted by molar-refractivity contribution is -0.0405. The first-order valence-corrected chi connectivity index (χ1v) is 56.3. The van der Waals surface area contributed by atoms with Crippen molar-refractivity contribution in [2.45, 2.75) is 219 Å². The van der Waals surface area contributed by atoms with Crippen LogP contribution in [0, 0.1) is 56.7 Å². The molecule has 0 radical (unpaired) electrons. The predicted molar refractivity (Wildman–Crippen MR) is 568 cm³/mol. The highest BCUT2D eigenvalue weighted by Crippen LogP contribution is 2.46. The Bertz CT molecular complexity index is 6470. The van der Waals surface area contributed by atoms with Gasteiger partial charge in [-0.1, -0.05) is 90.6 Å². The summed E-state index contributed by atoms with van der Waals surface area (Å²) in [6, 6.07) is 47.1. The second-order valence-electron chi connectivity index (χ2n) is 40.4. The summed E-state index contributed by atoms with van der Waals surface area (Å²) in [5.74, 6) is 6.97. The number of pyridine rings is 8. The maximum Gasteiger partial charge on any atom is 0.197 e. The van der Waals surface area contributed by atoms with Crippen molar-refractivity contribution in [3.63, 3.8) is 0 Å². The third-order valence-corrected chi connectivity index (χ3v) is 33.0. The fourth-order valence-corrected chi connectivity index (χ4v) is 24.8.